The number of carbonyl (C=O) groups is 2. The first-order chi connectivity index (χ1) is 13.6. The molecule has 144 valence electrons. The van der Waals surface area contributed by atoms with E-state index in [1.165, 1.54) is 0 Å². The lowest BCUT2D eigenvalue weighted by Crippen LogP contribution is -2.41. The molecule has 1 fully saturated rings. The maximum Gasteiger partial charge on any atom is 0.227 e. The van der Waals surface area contributed by atoms with Crippen LogP contribution in [0.1, 0.15) is 23.1 Å². The highest BCUT2D eigenvalue weighted by Gasteiger charge is 2.16. The molecule has 1 N–H and O–H groups in total. The topological polar surface area (TPSA) is 82.4 Å². The molecule has 1 heterocycles. The number of aryl methyl sites for hydroxylation is 1. The van der Waals surface area contributed by atoms with Crippen molar-refractivity contribution in [2.24, 2.45) is 0 Å². The second kappa shape index (κ2) is 9.67. The van der Waals surface area contributed by atoms with Gasteiger partial charge in [-0.25, -0.2) is 0 Å². The number of rotatable bonds is 6. The Morgan fingerprint density at radius 1 is 1.00 bits per heavy atom. The standard InChI is InChI=1S/C22H23N3O3/c23-16-19-3-1-17(2-4-19)7-10-21(26)24-20-8-5-18(6-9-20)15-22(27)25-11-13-28-14-12-25/h1-6,8-9H,7,10-15H2,(H,24,26). The number of carbonyl (C=O) groups excluding carboxylic acids is 2. The minimum atomic E-state index is -0.0681. The first-order valence-corrected chi connectivity index (χ1v) is 9.37. The number of morpholine rings is 1. The first-order valence-electron chi connectivity index (χ1n) is 9.37. The maximum atomic E-state index is 12.3. The average Bonchev–Trinajstić information content (AvgIpc) is 2.74. The Labute approximate surface area is 164 Å². The summed E-state index contributed by atoms with van der Waals surface area (Å²) in [7, 11) is 0. The predicted octanol–water partition coefficient (Wildman–Crippen LogP) is 2.53. The van der Waals surface area contributed by atoms with E-state index in [1.54, 1.807) is 12.1 Å². The maximum absolute atomic E-state index is 12.3. The minimum Gasteiger partial charge on any atom is -0.378 e. The van der Waals surface area contributed by atoms with Crippen molar-refractivity contribution < 1.29 is 14.3 Å². The molecule has 1 aliphatic rings. The van der Waals surface area contributed by atoms with Crippen LogP contribution in [0.5, 0.6) is 0 Å². The van der Waals surface area contributed by atoms with E-state index in [0.717, 1.165) is 11.1 Å². The number of nitrogens with one attached hydrogen (secondary N) is 1. The third-order valence-electron chi connectivity index (χ3n) is 4.68. The lowest BCUT2D eigenvalue weighted by molar-refractivity contribution is -0.134. The third-order valence-corrected chi connectivity index (χ3v) is 4.68. The van der Waals surface area contributed by atoms with Crippen LogP contribution in [0.4, 0.5) is 5.69 Å². The number of benzene rings is 2. The highest BCUT2D eigenvalue weighted by Crippen LogP contribution is 2.13. The van der Waals surface area contributed by atoms with Gasteiger partial charge in [-0.15, -0.1) is 0 Å². The lowest BCUT2D eigenvalue weighted by atomic mass is 10.1. The Morgan fingerprint density at radius 3 is 2.29 bits per heavy atom. The van der Waals surface area contributed by atoms with Gasteiger partial charge in [0, 0.05) is 25.2 Å². The molecule has 1 saturated heterocycles. The highest BCUT2D eigenvalue weighted by atomic mass is 16.5. The van der Waals surface area contributed by atoms with E-state index in [4.69, 9.17) is 10.00 Å². The lowest BCUT2D eigenvalue weighted by Gasteiger charge is -2.26. The van der Waals surface area contributed by atoms with Crippen LogP contribution in [0.3, 0.4) is 0 Å². The van der Waals surface area contributed by atoms with Gasteiger partial charge in [-0.3, -0.25) is 9.59 Å². The van der Waals surface area contributed by atoms with Gasteiger partial charge >= 0.3 is 0 Å². The number of hydrogen-bond donors (Lipinski definition) is 1. The normalized spacial score (nSPS) is 13.6. The molecule has 2 amide bonds. The average molecular weight is 377 g/mol. The molecule has 1 aliphatic heterocycles. The molecular weight excluding hydrogens is 354 g/mol. The smallest absolute Gasteiger partial charge is 0.227 e. The monoisotopic (exact) mass is 377 g/mol. The molecule has 0 radical (unpaired) electrons. The van der Waals surface area contributed by atoms with Crippen molar-refractivity contribution in [1.29, 1.82) is 5.26 Å². The predicted molar refractivity (Wildman–Crippen MR) is 106 cm³/mol. The van der Waals surface area contributed by atoms with E-state index < -0.39 is 0 Å². The van der Waals surface area contributed by atoms with Crippen LogP contribution >= 0.6 is 0 Å². The van der Waals surface area contributed by atoms with E-state index in [9.17, 15) is 9.59 Å². The van der Waals surface area contributed by atoms with Crippen molar-refractivity contribution in [3.63, 3.8) is 0 Å². The summed E-state index contributed by atoms with van der Waals surface area (Å²) < 4.78 is 5.26. The first kappa shape index (κ1) is 19.6. The molecule has 0 unspecified atom stereocenters. The Hall–Kier alpha value is -3.17. The molecule has 0 saturated carbocycles. The van der Waals surface area contributed by atoms with Crippen LogP contribution in [-0.2, 0) is 27.2 Å². The molecule has 2 aromatic rings. The summed E-state index contributed by atoms with van der Waals surface area (Å²) in [5.74, 6) is 0.0315. The van der Waals surface area contributed by atoms with Crippen LogP contribution in [0.15, 0.2) is 48.5 Å². The van der Waals surface area contributed by atoms with Gasteiger partial charge < -0.3 is 15.0 Å². The van der Waals surface area contributed by atoms with Crippen molar-refractivity contribution >= 4 is 17.5 Å². The highest BCUT2D eigenvalue weighted by molar-refractivity contribution is 5.90. The summed E-state index contributed by atoms with van der Waals surface area (Å²) in [6, 6.07) is 16.7. The minimum absolute atomic E-state index is 0.0681. The Balaban J connectivity index is 1.45. The fraction of sp³-hybridized carbons (Fsp3) is 0.318. The molecule has 2 aromatic carbocycles. The largest absolute Gasteiger partial charge is 0.378 e. The van der Waals surface area contributed by atoms with E-state index in [0.29, 0.717) is 56.8 Å². The number of amides is 2. The van der Waals surface area contributed by atoms with Crippen LogP contribution in [0.2, 0.25) is 0 Å². The fourth-order valence-electron chi connectivity index (χ4n) is 3.03. The summed E-state index contributed by atoms with van der Waals surface area (Å²) in [5, 5.41) is 11.7. The van der Waals surface area contributed by atoms with Crippen molar-refractivity contribution in [3.8, 4) is 6.07 Å². The van der Waals surface area contributed by atoms with Crippen LogP contribution in [0.25, 0.3) is 0 Å². The molecular formula is C22H23N3O3. The number of nitrogens with zero attached hydrogens (tertiary/aromatic N) is 2. The zero-order valence-corrected chi connectivity index (χ0v) is 15.7. The Bertz CT molecular complexity index is 848. The van der Waals surface area contributed by atoms with Gasteiger partial charge in [-0.2, -0.15) is 5.26 Å². The molecule has 0 bridgehead atoms. The number of anilines is 1. The summed E-state index contributed by atoms with van der Waals surface area (Å²) in [6.07, 6.45) is 1.33. The van der Waals surface area contributed by atoms with Crippen molar-refractivity contribution in [2.45, 2.75) is 19.3 Å². The molecule has 6 nitrogen and oxygen atoms in total. The molecule has 0 atom stereocenters. The second-order valence-corrected chi connectivity index (χ2v) is 6.72. The van der Waals surface area contributed by atoms with E-state index >= 15 is 0 Å². The van der Waals surface area contributed by atoms with Crippen LogP contribution in [0, 0.1) is 11.3 Å². The van der Waals surface area contributed by atoms with Crippen LogP contribution in [-0.4, -0.2) is 43.0 Å². The number of nitriles is 1. The van der Waals surface area contributed by atoms with Gasteiger partial charge in [0.2, 0.25) is 11.8 Å². The third kappa shape index (κ3) is 5.66. The zero-order valence-electron chi connectivity index (χ0n) is 15.7. The summed E-state index contributed by atoms with van der Waals surface area (Å²) in [4.78, 5) is 26.2. The number of hydrogen-bond acceptors (Lipinski definition) is 4. The molecule has 3 rings (SSSR count). The quantitative estimate of drug-likeness (QED) is 0.839. The molecule has 0 aromatic heterocycles. The molecule has 0 spiro atoms. The summed E-state index contributed by atoms with van der Waals surface area (Å²) in [5.41, 5.74) is 3.27. The van der Waals surface area contributed by atoms with Crippen molar-refractivity contribution in [2.75, 3.05) is 31.6 Å². The van der Waals surface area contributed by atoms with Gasteiger partial charge in [0.05, 0.1) is 31.3 Å². The van der Waals surface area contributed by atoms with Gasteiger partial charge in [-0.1, -0.05) is 24.3 Å². The Morgan fingerprint density at radius 2 is 1.64 bits per heavy atom. The molecule has 6 heteroatoms. The van der Waals surface area contributed by atoms with E-state index in [1.807, 2.05) is 41.3 Å². The second-order valence-electron chi connectivity index (χ2n) is 6.72. The van der Waals surface area contributed by atoms with Gasteiger partial charge in [0.25, 0.3) is 0 Å². The van der Waals surface area contributed by atoms with Crippen molar-refractivity contribution in [3.05, 3.63) is 65.2 Å². The van der Waals surface area contributed by atoms with Gasteiger partial charge in [0.1, 0.15) is 0 Å². The molecule has 0 aliphatic carbocycles. The summed E-state index contributed by atoms with van der Waals surface area (Å²) in [6.45, 7) is 2.48. The Kier molecular flexibility index (Phi) is 6.77. The van der Waals surface area contributed by atoms with Crippen molar-refractivity contribution in [1.82, 2.24) is 4.90 Å². The van der Waals surface area contributed by atoms with E-state index in [-0.39, 0.29) is 11.8 Å². The summed E-state index contributed by atoms with van der Waals surface area (Å²) >= 11 is 0. The van der Waals surface area contributed by atoms with Gasteiger partial charge in [0.15, 0.2) is 0 Å². The zero-order chi connectivity index (χ0) is 19.8. The van der Waals surface area contributed by atoms with Crippen LogP contribution < -0.4 is 5.32 Å². The van der Waals surface area contributed by atoms with Gasteiger partial charge in [-0.05, 0) is 41.8 Å². The van der Waals surface area contributed by atoms with E-state index in [2.05, 4.69) is 11.4 Å². The number of ether oxygens (including phenoxy) is 1. The molecule has 28 heavy (non-hydrogen) atoms. The fourth-order valence-corrected chi connectivity index (χ4v) is 3.03. The SMILES string of the molecule is N#Cc1ccc(CCC(=O)Nc2ccc(CC(=O)N3CCOCC3)cc2)cc1.